The minimum absolute atomic E-state index is 0.0721. The summed E-state index contributed by atoms with van der Waals surface area (Å²) in [6, 6.07) is 0. The fourth-order valence-electron chi connectivity index (χ4n) is 0.987. The van der Waals surface area contributed by atoms with Crippen LogP contribution in [0.1, 0.15) is 6.92 Å². The Kier molecular flexibility index (Phi) is 3.26. The number of hydrogen-bond acceptors (Lipinski definition) is 4. The lowest BCUT2D eigenvalue weighted by Gasteiger charge is -2.14. The van der Waals surface area contributed by atoms with E-state index in [0.717, 1.165) is 0 Å². The average Bonchev–Trinajstić information content (AvgIpc) is 2.50. The summed E-state index contributed by atoms with van der Waals surface area (Å²) in [5.41, 5.74) is 0. The van der Waals surface area contributed by atoms with Crippen molar-refractivity contribution < 1.29 is 19.7 Å². The van der Waals surface area contributed by atoms with Crippen LogP contribution in [0.5, 0.6) is 0 Å². The Balaban J connectivity index is 2.29. The van der Waals surface area contributed by atoms with Crippen LogP contribution in [0.15, 0.2) is 0 Å². The summed E-state index contributed by atoms with van der Waals surface area (Å²) in [5.74, 6) is 0.0755. The monoisotopic (exact) mass is 162 g/mol. The van der Waals surface area contributed by atoms with Gasteiger partial charge in [0.15, 0.2) is 6.29 Å². The van der Waals surface area contributed by atoms with E-state index in [0.29, 0.717) is 6.61 Å². The zero-order chi connectivity index (χ0) is 8.27. The molecular formula is C7H14O4. The van der Waals surface area contributed by atoms with Crippen LogP contribution in [0.25, 0.3) is 0 Å². The second-order valence-electron chi connectivity index (χ2n) is 2.78. The highest BCUT2D eigenvalue weighted by Gasteiger charge is 2.28. The van der Waals surface area contributed by atoms with Gasteiger partial charge < -0.3 is 19.7 Å². The summed E-state index contributed by atoms with van der Waals surface area (Å²) in [7, 11) is 0. The molecule has 1 aliphatic heterocycles. The molecule has 3 atom stereocenters. The van der Waals surface area contributed by atoms with E-state index in [1.807, 2.05) is 6.92 Å². The molecule has 4 nitrogen and oxygen atoms in total. The minimum Gasteiger partial charge on any atom is -0.396 e. The van der Waals surface area contributed by atoms with E-state index in [1.165, 1.54) is 0 Å². The van der Waals surface area contributed by atoms with Crippen LogP contribution >= 0.6 is 0 Å². The third kappa shape index (κ3) is 2.13. The summed E-state index contributed by atoms with van der Waals surface area (Å²) in [4.78, 5) is 0. The number of ether oxygens (including phenoxy) is 2. The lowest BCUT2D eigenvalue weighted by atomic mass is 10.1. The van der Waals surface area contributed by atoms with Crippen molar-refractivity contribution >= 4 is 0 Å². The third-order valence-electron chi connectivity index (χ3n) is 1.84. The second-order valence-corrected chi connectivity index (χ2v) is 2.78. The Morgan fingerprint density at radius 3 is 2.73 bits per heavy atom. The lowest BCUT2D eigenvalue weighted by Crippen LogP contribution is -2.24. The Bertz CT molecular complexity index is 117. The number of aliphatic hydroxyl groups excluding tert-OH is 2. The molecule has 1 saturated heterocycles. The number of aliphatic hydroxyl groups is 2. The van der Waals surface area contributed by atoms with Gasteiger partial charge in [0.05, 0.1) is 19.3 Å². The van der Waals surface area contributed by atoms with Crippen molar-refractivity contribution in [3.05, 3.63) is 0 Å². The van der Waals surface area contributed by atoms with Gasteiger partial charge in [-0.1, -0.05) is 6.92 Å². The van der Waals surface area contributed by atoms with E-state index in [1.54, 1.807) is 0 Å². The van der Waals surface area contributed by atoms with Crippen molar-refractivity contribution in [1.29, 1.82) is 0 Å². The van der Waals surface area contributed by atoms with Crippen LogP contribution in [0.3, 0.4) is 0 Å². The molecule has 1 heterocycles. The quantitative estimate of drug-likeness (QED) is 0.579. The van der Waals surface area contributed by atoms with Gasteiger partial charge >= 0.3 is 0 Å². The van der Waals surface area contributed by atoms with E-state index in [9.17, 15) is 0 Å². The van der Waals surface area contributed by atoms with Crippen LogP contribution < -0.4 is 0 Å². The molecule has 4 heteroatoms. The largest absolute Gasteiger partial charge is 0.396 e. The number of hydrogen-bond donors (Lipinski definition) is 2. The highest BCUT2D eigenvalue weighted by Crippen LogP contribution is 2.17. The minimum atomic E-state index is -0.492. The van der Waals surface area contributed by atoms with E-state index >= 15 is 0 Å². The first kappa shape index (κ1) is 8.93. The normalized spacial score (nSPS) is 34.1. The van der Waals surface area contributed by atoms with Crippen LogP contribution in [0.4, 0.5) is 0 Å². The van der Waals surface area contributed by atoms with Crippen molar-refractivity contribution in [3.8, 4) is 0 Å². The van der Waals surface area contributed by atoms with Gasteiger partial charge in [-0.05, 0) is 0 Å². The first-order chi connectivity index (χ1) is 5.27. The molecule has 0 saturated carbocycles. The molecule has 3 unspecified atom stereocenters. The molecule has 0 spiro atoms. The van der Waals surface area contributed by atoms with Crippen LogP contribution in [-0.2, 0) is 9.47 Å². The second kappa shape index (κ2) is 4.01. The highest BCUT2D eigenvalue weighted by molar-refractivity contribution is 4.70. The first-order valence-corrected chi connectivity index (χ1v) is 3.76. The molecule has 1 rings (SSSR count). The SMILES string of the molecule is CC(CO)C1COC(CO)O1. The molecule has 0 bridgehead atoms. The molecule has 0 aromatic carbocycles. The Morgan fingerprint density at radius 1 is 1.55 bits per heavy atom. The topological polar surface area (TPSA) is 58.9 Å². The predicted octanol–water partition coefficient (Wildman–Crippen LogP) is -0.651. The fraction of sp³-hybridized carbons (Fsp3) is 1.00. The average molecular weight is 162 g/mol. The van der Waals surface area contributed by atoms with Gasteiger partial charge in [0.2, 0.25) is 0 Å². The molecule has 11 heavy (non-hydrogen) atoms. The van der Waals surface area contributed by atoms with Crippen molar-refractivity contribution in [2.24, 2.45) is 5.92 Å². The molecular weight excluding hydrogens is 148 g/mol. The van der Waals surface area contributed by atoms with Gasteiger partial charge in [-0.15, -0.1) is 0 Å². The number of rotatable bonds is 3. The van der Waals surface area contributed by atoms with E-state index in [4.69, 9.17) is 19.7 Å². The standard InChI is InChI=1S/C7H14O4/c1-5(2-8)6-4-10-7(3-9)11-6/h5-9H,2-4H2,1H3. The summed E-state index contributed by atoms with van der Waals surface area (Å²) in [6.45, 7) is 2.32. The predicted molar refractivity (Wildman–Crippen MR) is 37.9 cm³/mol. The smallest absolute Gasteiger partial charge is 0.181 e. The van der Waals surface area contributed by atoms with Gasteiger partial charge in [0, 0.05) is 12.5 Å². The summed E-state index contributed by atoms with van der Waals surface area (Å²) in [5, 5.41) is 17.4. The Labute approximate surface area is 65.7 Å². The maximum atomic E-state index is 8.76. The van der Waals surface area contributed by atoms with E-state index in [2.05, 4.69) is 0 Å². The highest BCUT2D eigenvalue weighted by atomic mass is 16.7. The van der Waals surface area contributed by atoms with Gasteiger partial charge in [0.25, 0.3) is 0 Å². The zero-order valence-electron chi connectivity index (χ0n) is 6.56. The summed E-state index contributed by atoms with van der Waals surface area (Å²) in [6.07, 6.45) is -0.564. The molecule has 1 fully saturated rings. The molecule has 66 valence electrons. The van der Waals surface area contributed by atoms with E-state index < -0.39 is 6.29 Å². The maximum absolute atomic E-state index is 8.76. The molecule has 0 aliphatic carbocycles. The Hall–Kier alpha value is -0.160. The van der Waals surface area contributed by atoms with Gasteiger partial charge in [-0.25, -0.2) is 0 Å². The lowest BCUT2D eigenvalue weighted by molar-refractivity contribution is -0.0960. The van der Waals surface area contributed by atoms with Crippen LogP contribution in [0, 0.1) is 5.92 Å². The summed E-state index contributed by atoms with van der Waals surface area (Å²) < 4.78 is 10.3. The van der Waals surface area contributed by atoms with Crippen molar-refractivity contribution in [1.82, 2.24) is 0 Å². The van der Waals surface area contributed by atoms with Crippen molar-refractivity contribution in [3.63, 3.8) is 0 Å². The molecule has 0 aromatic heterocycles. The van der Waals surface area contributed by atoms with Crippen molar-refractivity contribution in [2.75, 3.05) is 19.8 Å². The third-order valence-corrected chi connectivity index (χ3v) is 1.84. The first-order valence-electron chi connectivity index (χ1n) is 3.76. The van der Waals surface area contributed by atoms with E-state index in [-0.39, 0.29) is 25.2 Å². The zero-order valence-corrected chi connectivity index (χ0v) is 6.56. The molecule has 2 N–H and O–H groups in total. The van der Waals surface area contributed by atoms with Crippen LogP contribution in [0.2, 0.25) is 0 Å². The molecule has 0 radical (unpaired) electrons. The van der Waals surface area contributed by atoms with Crippen LogP contribution in [-0.4, -0.2) is 42.4 Å². The Morgan fingerprint density at radius 2 is 2.27 bits per heavy atom. The maximum Gasteiger partial charge on any atom is 0.181 e. The molecule has 0 aromatic rings. The summed E-state index contributed by atoms with van der Waals surface area (Å²) >= 11 is 0. The van der Waals surface area contributed by atoms with Gasteiger partial charge in [0.1, 0.15) is 0 Å². The van der Waals surface area contributed by atoms with Crippen molar-refractivity contribution in [2.45, 2.75) is 19.3 Å². The van der Waals surface area contributed by atoms with Gasteiger partial charge in [-0.2, -0.15) is 0 Å². The fourth-order valence-corrected chi connectivity index (χ4v) is 0.987. The molecule has 1 aliphatic rings. The van der Waals surface area contributed by atoms with Gasteiger partial charge in [-0.3, -0.25) is 0 Å². The molecule has 0 amide bonds.